The highest BCUT2D eigenvalue weighted by Gasteiger charge is 2.38. The van der Waals surface area contributed by atoms with Gasteiger partial charge in [0.15, 0.2) is 0 Å². The Hall–Kier alpha value is -2.12. The molecule has 0 fully saturated rings. The number of unbranched alkanes of at least 4 members (excludes halogenated alkanes) is 13. The molecule has 35 heavy (non-hydrogen) atoms. The molecule has 0 saturated heterocycles. The zero-order chi connectivity index (χ0) is 24.4. The first kappa shape index (κ1) is 27.5. The van der Waals surface area contributed by atoms with E-state index in [1.54, 1.807) is 15.6 Å². The molecule has 0 heterocycles. The number of rotatable bonds is 18. The van der Waals surface area contributed by atoms with Crippen molar-refractivity contribution >= 4 is 23.6 Å². The second-order valence-electron chi connectivity index (χ2n) is 10.3. The number of hydrogen-bond donors (Lipinski definition) is 0. The molecule has 0 bridgehead atoms. The highest BCUT2D eigenvalue weighted by Crippen LogP contribution is 2.19. The van der Waals surface area contributed by atoms with Crippen LogP contribution in [-0.2, 0) is 0 Å². The lowest BCUT2D eigenvalue weighted by Crippen LogP contribution is -2.66. The normalized spacial score (nSPS) is 11.6. The van der Waals surface area contributed by atoms with Crippen LogP contribution in [-0.4, -0.2) is 8.07 Å². The van der Waals surface area contributed by atoms with Crippen molar-refractivity contribution in [3.05, 3.63) is 91.0 Å². The minimum atomic E-state index is -2.03. The first-order valence-electron chi connectivity index (χ1n) is 14.5. The zero-order valence-corrected chi connectivity index (χ0v) is 23.3. The molecular formula is C34H48Si. The largest absolute Gasteiger partial charge is 0.148 e. The van der Waals surface area contributed by atoms with E-state index in [4.69, 9.17) is 0 Å². The number of benzene rings is 3. The first-order chi connectivity index (χ1) is 17.4. The van der Waals surface area contributed by atoms with Crippen LogP contribution in [0.5, 0.6) is 0 Å². The summed E-state index contributed by atoms with van der Waals surface area (Å²) in [6, 6.07) is 35.5. The lowest BCUT2D eigenvalue weighted by atomic mass is 10.0. The molecular weight excluding hydrogens is 436 g/mol. The smallest absolute Gasteiger partial charge is 0.0654 e. The predicted octanol–water partition coefficient (Wildman–Crippen LogP) is 8.64. The van der Waals surface area contributed by atoms with Gasteiger partial charge in [0.2, 0.25) is 0 Å². The molecule has 0 saturated carbocycles. The molecule has 0 aliphatic carbocycles. The van der Waals surface area contributed by atoms with Gasteiger partial charge in [-0.1, -0.05) is 188 Å². The third-order valence-electron chi connectivity index (χ3n) is 7.71. The summed E-state index contributed by atoms with van der Waals surface area (Å²) in [7, 11) is -2.03. The Morgan fingerprint density at radius 2 is 0.657 bits per heavy atom. The molecule has 0 aliphatic heterocycles. The van der Waals surface area contributed by atoms with Crippen LogP contribution in [0.3, 0.4) is 0 Å². The van der Waals surface area contributed by atoms with Crippen molar-refractivity contribution in [1.29, 1.82) is 0 Å². The maximum absolute atomic E-state index is 2.38. The fraction of sp³-hybridized carbons (Fsp3) is 0.471. The van der Waals surface area contributed by atoms with E-state index >= 15 is 0 Å². The SMILES string of the molecule is CCCCCCCCCCCCCCCC[Si](c1ccccc1)(c1ccccc1)c1ccccc1. The molecule has 0 nitrogen and oxygen atoms in total. The monoisotopic (exact) mass is 484 g/mol. The lowest BCUT2D eigenvalue weighted by Gasteiger charge is -2.34. The minimum absolute atomic E-state index is 1.29. The van der Waals surface area contributed by atoms with Crippen LogP contribution in [0.25, 0.3) is 0 Å². The molecule has 3 rings (SSSR count). The molecule has 0 atom stereocenters. The summed E-state index contributed by atoms with van der Waals surface area (Å²) in [4.78, 5) is 0. The summed E-state index contributed by atoms with van der Waals surface area (Å²) in [5.41, 5.74) is 0. The maximum atomic E-state index is 2.38. The standard InChI is InChI=1S/C34H48Si/c1-2-3-4-5-6-7-8-9-10-11-12-13-14-24-31-35(32-25-18-15-19-26-32,33-27-20-16-21-28-33)34-29-22-17-23-30-34/h15-23,25-30H,2-14,24,31H2,1H3. The van der Waals surface area contributed by atoms with Crippen molar-refractivity contribution in [2.45, 2.75) is 103 Å². The van der Waals surface area contributed by atoms with E-state index in [1.165, 1.54) is 95.9 Å². The van der Waals surface area contributed by atoms with Crippen molar-refractivity contribution in [2.24, 2.45) is 0 Å². The lowest BCUT2D eigenvalue weighted by molar-refractivity contribution is 0.538. The molecule has 3 aromatic rings. The van der Waals surface area contributed by atoms with Gasteiger partial charge in [-0.15, -0.1) is 0 Å². The van der Waals surface area contributed by atoms with Crippen LogP contribution in [0, 0.1) is 0 Å². The Kier molecular flexibility index (Phi) is 13.0. The Morgan fingerprint density at radius 1 is 0.371 bits per heavy atom. The second kappa shape index (κ2) is 16.5. The maximum Gasteiger partial charge on any atom is 0.148 e. The van der Waals surface area contributed by atoms with Crippen molar-refractivity contribution in [1.82, 2.24) is 0 Å². The summed E-state index contributed by atoms with van der Waals surface area (Å²) < 4.78 is 0. The fourth-order valence-electron chi connectivity index (χ4n) is 5.69. The summed E-state index contributed by atoms with van der Waals surface area (Å²) in [6.45, 7) is 2.30. The Labute approximate surface area is 217 Å². The van der Waals surface area contributed by atoms with Gasteiger partial charge in [-0.3, -0.25) is 0 Å². The molecule has 1 heteroatoms. The third-order valence-corrected chi connectivity index (χ3v) is 12.8. The van der Waals surface area contributed by atoms with E-state index in [1.807, 2.05) is 0 Å². The Balaban J connectivity index is 1.49. The molecule has 0 radical (unpaired) electrons. The quantitative estimate of drug-likeness (QED) is 0.0962. The molecule has 188 valence electrons. The van der Waals surface area contributed by atoms with Crippen molar-refractivity contribution in [3.8, 4) is 0 Å². The highest BCUT2D eigenvalue weighted by molar-refractivity contribution is 7.11. The van der Waals surface area contributed by atoms with Gasteiger partial charge in [0.25, 0.3) is 0 Å². The molecule has 0 aromatic heterocycles. The predicted molar refractivity (Wildman–Crippen MR) is 159 cm³/mol. The Morgan fingerprint density at radius 3 is 0.971 bits per heavy atom. The van der Waals surface area contributed by atoms with E-state index in [-0.39, 0.29) is 0 Å². The van der Waals surface area contributed by atoms with E-state index in [2.05, 4.69) is 97.9 Å². The molecule has 0 aliphatic rings. The molecule has 0 amide bonds. The fourth-order valence-corrected chi connectivity index (χ4v) is 10.6. The number of hydrogen-bond acceptors (Lipinski definition) is 0. The van der Waals surface area contributed by atoms with Gasteiger partial charge in [-0.25, -0.2) is 0 Å². The van der Waals surface area contributed by atoms with Gasteiger partial charge in [0, 0.05) is 0 Å². The summed E-state index contributed by atoms with van der Waals surface area (Å²) in [5, 5.41) is 4.64. The summed E-state index contributed by atoms with van der Waals surface area (Å²) >= 11 is 0. The first-order valence-corrected chi connectivity index (χ1v) is 16.7. The topological polar surface area (TPSA) is 0 Å². The van der Waals surface area contributed by atoms with Gasteiger partial charge < -0.3 is 0 Å². The van der Waals surface area contributed by atoms with Crippen LogP contribution in [0.4, 0.5) is 0 Å². The zero-order valence-electron chi connectivity index (χ0n) is 22.3. The van der Waals surface area contributed by atoms with E-state index in [0.29, 0.717) is 0 Å². The Bertz CT molecular complexity index is 791. The van der Waals surface area contributed by atoms with Crippen molar-refractivity contribution in [3.63, 3.8) is 0 Å². The van der Waals surface area contributed by atoms with Crippen LogP contribution in [0.1, 0.15) is 96.8 Å². The van der Waals surface area contributed by atoms with Crippen molar-refractivity contribution in [2.75, 3.05) is 0 Å². The molecule has 3 aromatic carbocycles. The van der Waals surface area contributed by atoms with Gasteiger partial charge in [-0.2, -0.15) is 0 Å². The van der Waals surface area contributed by atoms with Crippen LogP contribution in [0.15, 0.2) is 91.0 Å². The summed E-state index contributed by atoms with van der Waals surface area (Å²) in [5.74, 6) is 0. The van der Waals surface area contributed by atoms with Gasteiger partial charge in [0.05, 0.1) is 0 Å². The van der Waals surface area contributed by atoms with E-state index in [0.717, 1.165) is 0 Å². The van der Waals surface area contributed by atoms with Gasteiger partial charge in [0.1, 0.15) is 8.07 Å². The van der Waals surface area contributed by atoms with Crippen LogP contribution < -0.4 is 15.6 Å². The average molecular weight is 485 g/mol. The second-order valence-corrected chi connectivity index (χ2v) is 14.4. The molecule has 0 N–H and O–H groups in total. The van der Waals surface area contributed by atoms with Crippen LogP contribution in [0.2, 0.25) is 6.04 Å². The van der Waals surface area contributed by atoms with Crippen LogP contribution >= 0.6 is 0 Å². The van der Waals surface area contributed by atoms with E-state index in [9.17, 15) is 0 Å². The van der Waals surface area contributed by atoms with E-state index < -0.39 is 8.07 Å². The third kappa shape index (κ3) is 8.80. The average Bonchev–Trinajstić information content (AvgIpc) is 2.93. The van der Waals surface area contributed by atoms with Gasteiger partial charge >= 0.3 is 0 Å². The van der Waals surface area contributed by atoms with Gasteiger partial charge in [-0.05, 0) is 21.6 Å². The minimum Gasteiger partial charge on any atom is -0.0654 e. The molecule has 0 spiro atoms. The van der Waals surface area contributed by atoms with Crippen molar-refractivity contribution < 1.29 is 0 Å². The highest BCUT2D eigenvalue weighted by atomic mass is 28.3. The molecule has 0 unspecified atom stereocenters. The summed E-state index contributed by atoms with van der Waals surface area (Å²) in [6.07, 6.45) is 19.8.